The fourth-order valence-electron chi connectivity index (χ4n) is 4.14. The topological polar surface area (TPSA) is 87.3 Å². The molecule has 0 bridgehead atoms. The first-order valence-corrected chi connectivity index (χ1v) is 11.8. The van der Waals surface area contributed by atoms with Gasteiger partial charge in [-0.2, -0.15) is 0 Å². The van der Waals surface area contributed by atoms with Crippen LogP contribution in [-0.4, -0.2) is 29.3 Å². The summed E-state index contributed by atoms with van der Waals surface area (Å²) in [6.07, 6.45) is 7.84. The number of pyridine rings is 1. The zero-order chi connectivity index (χ0) is 22.9. The molecule has 3 heterocycles. The molecule has 0 fully saturated rings. The summed E-state index contributed by atoms with van der Waals surface area (Å²) in [7, 11) is 0. The highest BCUT2D eigenvalue weighted by Crippen LogP contribution is 2.48. The van der Waals surface area contributed by atoms with E-state index in [1.54, 1.807) is 0 Å². The van der Waals surface area contributed by atoms with Crippen LogP contribution in [0, 0.1) is 0 Å². The summed E-state index contributed by atoms with van der Waals surface area (Å²) in [5.74, 6) is 0.534. The normalized spacial score (nSPS) is 17.6. The van der Waals surface area contributed by atoms with E-state index in [0.717, 1.165) is 29.8 Å². The predicted molar refractivity (Wildman–Crippen MR) is 130 cm³/mol. The molecule has 4 N–H and O–H groups in total. The Kier molecular flexibility index (Phi) is 6.58. The molecule has 2 aliphatic rings. The highest BCUT2D eigenvalue weighted by Gasteiger charge is 2.39. The summed E-state index contributed by atoms with van der Waals surface area (Å²) in [5, 5.41) is 14.0. The lowest BCUT2D eigenvalue weighted by atomic mass is 9.97. The second kappa shape index (κ2) is 9.24. The molecule has 2 aliphatic heterocycles. The number of fused-ring (bicyclic) bond motifs is 3. The van der Waals surface area contributed by atoms with Crippen molar-refractivity contribution in [3.63, 3.8) is 0 Å². The molecule has 0 saturated carbocycles. The Bertz CT molecular complexity index is 1010. The number of halogens is 2. The lowest BCUT2D eigenvalue weighted by Gasteiger charge is -2.18. The van der Waals surface area contributed by atoms with Gasteiger partial charge in [-0.05, 0) is 26.3 Å². The fraction of sp³-hybridized carbons (Fsp3) is 0.478. The van der Waals surface area contributed by atoms with Gasteiger partial charge in [-0.15, -0.1) is 0 Å². The number of amides is 1. The van der Waals surface area contributed by atoms with E-state index in [4.69, 9.17) is 27.9 Å². The highest BCUT2D eigenvalue weighted by molar-refractivity contribution is 6.38. The van der Waals surface area contributed by atoms with E-state index < -0.39 is 5.60 Å². The van der Waals surface area contributed by atoms with E-state index in [9.17, 15) is 4.79 Å². The number of benzene rings is 1. The number of aromatic nitrogens is 1. The number of anilines is 3. The van der Waals surface area contributed by atoms with E-state index in [1.165, 1.54) is 25.2 Å². The van der Waals surface area contributed by atoms with Crippen LogP contribution >= 0.6 is 23.2 Å². The Labute approximate surface area is 198 Å². The molecule has 1 aromatic heterocycles. The monoisotopic (exact) mass is 477 g/mol. The third-order valence-corrected chi connectivity index (χ3v) is 6.22. The Hall–Kier alpha value is -2.38. The first-order valence-electron chi connectivity index (χ1n) is 11.0. The summed E-state index contributed by atoms with van der Waals surface area (Å²) >= 11 is 12.5. The minimum Gasteiger partial charge on any atom is -0.486 e. The molecule has 0 saturated heterocycles. The smallest absolute Gasteiger partial charge is 0.255 e. The Morgan fingerprint density at radius 2 is 1.97 bits per heavy atom. The van der Waals surface area contributed by atoms with Gasteiger partial charge in [0.25, 0.3) is 5.91 Å². The van der Waals surface area contributed by atoms with Crippen molar-refractivity contribution in [1.29, 1.82) is 0 Å². The van der Waals surface area contributed by atoms with Gasteiger partial charge in [-0.25, -0.2) is 0 Å². The molecule has 0 radical (unpaired) electrons. The van der Waals surface area contributed by atoms with Crippen molar-refractivity contribution in [3.8, 4) is 5.75 Å². The molecule has 0 spiro atoms. The van der Waals surface area contributed by atoms with E-state index >= 15 is 0 Å². The molecule has 7 nitrogen and oxygen atoms in total. The van der Waals surface area contributed by atoms with Crippen molar-refractivity contribution in [3.05, 3.63) is 39.6 Å². The number of unbranched alkanes of at least 4 members (excludes halogenated alkanes) is 3. The van der Waals surface area contributed by atoms with Crippen LogP contribution < -0.4 is 26.0 Å². The van der Waals surface area contributed by atoms with Gasteiger partial charge in [0.2, 0.25) is 0 Å². The largest absolute Gasteiger partial charge is 0.486 e. The second-order valence-corrected chi connectivity index (χ2v) is 9.67. The summed E-state index contributed by atoms with van der Waals surface area (Å²) in [4.78, 5) is 17.0. The standard InChI is InChI=1S/C23H29Cl2N5O2/c1-4-5-6-7-8-27-21(31)13-9-17-18(14-10-23(2,3)32-20(13)14)29-22(28-17)30-19-15(24)11-26-12-16(19)25/h9,11-12,22,28-29H,4-8,10H2,1-3H3,(H,26,30)(H,27,31). The van der Waals surface area contributed by atoms with Crippen molar-refractivity contribution < 1.29 is 9.53 Å². The van der Waals surface area contributed by atoms with Crippen molar-refractivity contribution in [2.45, 2.75) is 64.8 Å². The molecule has 172 valence electrons. The van der Waals surface area contributed by atoms with Crippen LogP contribution in [-0.2, 0) is 6.42 Å². The van der Waals surface area contributed by atoms with Crippen LogP contribution in [0.2, 0.25) is 10.0 Å². The molecule has 9 heteroatoms. The third-order valence-electron chi connectivity index (χ3n) is 5.65. The number of hydrogen-bond donors (Lipinski definition) is 4. The molecule has 1 amide bonds. The quantitative estimate of drug-likeness (QED) is 0.367. The summed E-state index contributed by atoms with van der Waals surface area (Å²) in [5.41, 5.74) is 3.49. The van der Waals surface area contributed by atoms with E-state index in [-0.39, 0.29) is 12.2 Å². The average molecular weight is 478 g/mol. The van der Waals surface area contributed by atoms with Gasteiger partial charge in [-0.3, -0.25) is 9.78 Å². The van der Waals surface area contributed by atoms with Crippen molar-refractivity contribution in [2.24, 2.45) is 0 Å². The van der Waals surface area contributed by atoms with Gasteiger partial charge < -0.3 is 26.0 Å². The van der Waals surface area contributed by atoms with Crippen LogP contribution in [0.5, 0.6) is 5.75 Å². The first-order chi connectivity index (χ1) is 15.3. The van der Waals surface area contributed by atoms with Crippen LogP contribution in [0.1, 0.15) is 62.4 Å². The van der Waals surface area contributed by atoms with Gasteiger partial charge in [0.1, 0.15) is 11.4 Å². The molecule has 2 aromatic rings. The molecule has 1 aromatic carbocycles. The molecule has 1 unspecified atom stereocenters. The summed E-state index contributed by atoms with van der Waals surface area (Å²) in [6.45, 7) is 6.88. The number of nitrogens with one attached hydrogen (secondary N) is 4. The number of rotatable bonds is 8. The van der Waals surface area contributed by atoms with E-state index in [2.05, 4.69) is 33.2 Å². The van der Waals surface area contributed by atoms with Crippen molar-refractivity contribution in [2.75, 3.05) is 22.5 Å². The number of nitrogens with zero attached hydrogens (tertiary/aromatic N) is 1. The SMILES string of the molecule is CCCCCCNC(=O)c1cc2c(c3c1OC(C)(C)C3)NC(Nc1c(Cl)cncc1Cl)N2. The van der Waals surface area contributed by atoms with Gasteiger partial charge in [0.15, 0.2) is 6.29 Å². The molecule has 0 aliphatic carbocycles. The summed E-state index contributed by atoms with van der Waals surface area (Å²) < 4.78 is 6.21. The minimum atomic E-state index is -0.390. The van der Waals surface area contributed by atoms with Gasteiger partial charge in [0.05, 0.1) is 32.7 Å². The fourth-order valence-corrected chi connectivity index (χ4v) is 4.62. The Balaban J connectivity index is 1.56. The number of carbonyl (C=O) groups excluding carboxylic acids is 1. The lowest BCUT2D eigenvalue weighted by Crippen LogP contribution is -2.32. The van der Waals surface area contributed by atoms with Gasteiger partial charge in [-0.1, -0.05) is 49.4 Å². The Morgan fingerprint density at radius 3 is 2.69 bits per heavy atom. The van der Waals surface area contributed by atoms with Crippen LogP contribution in [0.3, 0.4) is 0 Å². The van der Waals surface area contributed by atoms with E-state index in [1.807, 2.05) is 19.9 Å². The molecular formula is C23H29Cl2N5O2. The van der Waals surface area contributed by atoms with Crippen molar-refractivity contribution in [1.82, 2.24) is 10.3 Å². The second-order valence-electron chi connectivity index (χ2n) is 8.85. The van der Waals surface area contributed by atoms with Crippen LogP contribution in [0.15, 0.2) is 18.5 Å². The number of ether oxygens (including phenoxy) is 1. The maximum atomic E-state index is 13.0. The van der Waals surface area contributed by atoms with E-state index in [0.29, 0.717) is 40.0 Å². The minimum absolute atomic E-state index is 0.114. The Morgan fingerprint density at radius 1 is 1.22 bits per heavy atom. The first kappa shape index (κ1) is 22.8. The predicted octanol–water partition coefficient (Wildman–Crippen LogP) is 5.65. The van der Waals surface area contributed by atoms with Crippen LogP contribution in [0.25, 0.3) is 0 Å². The maximum Gasteiger partial charge on any atom is 0.255 e. The lowest BCUT2D eigenvalue weighted by molar-refractivity contribution is 0.0939. The number of carbonyl (C=O) groups is 1. The van der Waals surface area contributed by atoms with Crippen molar-refractivity contribution >= 4 is 46.2 Å². The van der Waals surface area contributed by atoms with Gasteiger partial charge in [0, 0.05) is 30.9 Å². The zero-order valence-corrected chi connectivity index (χ0v) is 20.1. The summed E-state index contributed by atoms with van der Waals surface area (Å²) in [6, 6.07) is 1.85. The molecule has 32 heavy (non-hydrogen) atoms. The van der Waals surface area contributed by atoms with Crippen LogP contribution in [0.4, 0.5) is 17.1 Å². The molecule has 1 atom stereocenters. The third kappa shape index (κ3) is 4.69. The maximum absolute atomic E-state index is 13.0. The van der Waals surface area contributed by atoms with Gasteiger partial charge >= 0.3 is 0 Å². The molecular weight excluding hydrogens is 449 g/mol. The number of hydrogen-bond acceptors (Lipinski definition) is 6. The highest BCUT2D eigenvalue weighted by atomic mass is 35.5. The average Bonchev–Trinajstić information content (AvgIpc) is 3.29. The zero-order valence-electron chi connectivity index (χ0n) is 18.6. The molecule has 4 rings (SSSR count).